The first-order chi connectivity index (χ1) is 18.0. The number of piperidine rings is 2. The van der Waals surface area contributed by atoms with Gasteiger partial charge in [-0.05, 0) is 68.9 Å². The molecule has 4 bridgehead atoms. The Bertz CT molecular complexity index is 1240. The molecular formula is C29H39N5O3. The van der Waals surface area contributed by atoms with Gasteiger partial charge in [0.15, 0.2) is 5.82 Å². The molecule has 0 amide bonds. The highest BCUT2D eigenvalue weighted by molar-refractivity contribution is 5.83. The van der Waals surface area contributed by atoms with Gasteiger partial charge < -0.3 is 20.3 Å². The molecule has 5 aliphatic rings. The van der Waals surface area contributed by atoms with E-state index in [0.717, 1.165) is 35.7 Å². The fourth-order valence-corrected chi connectivity index (χ4v) is 8.90. The van der Waals surface area contributed by atoms with Crippen LogP contribution in [-0.2, 0) is 4.79 Å². The molecule has 37 heavy (non-hydrogen) atoms. The van der Waals surface area contributed by atoms with Crippen LogP contribution in [0.25, 0.3) is 11.0 Å². The van der Waals surface area contributed by atoms with E-state index in [1.54, 1.807) is 4.90 Å². The lowest BCUT2D eigenvalue weighted by molar-refractivity contribution is -0.140. The molecule has 3 N–H and O–H groups in total. The van der Waals surface area contributed by atoms with Gasteiger partial charge in [-0.25, -0.2) is 9.78 Å². The fourth-order valence-electron chi connectivity index (χ4n) is 8.90. The highest BCUT2D eigenvalue weighted by Crippen LogP contribution is 2.47. The van der Waals surface area contributed by atoms with E-state index < -0.39 is 18.1 Å². The number of hydrogen-bond acceptors (Lipinski definition) is 6. The third kappa shape index (κ3) is 3.90. The van der Waals surface area contributed by atoms with Gasteiger partial charge in [0, 0.05) is 30.7 Å². The van der Waals surface area contributed by atoms with Crippen LogP contribution in [0.3, 0.4) is 0 Å². The third-order valence-electron chi connectivity index (χ3n) is 10.3. The molecular weight excluding hydrogens is 466 g/mol. The van der Waals surface area contributed by atoms with Gasteiger partial charge in [-0.15, -0.1) is 0 Å². The Labute approximate surface area is 217 Å². The molecule has 8 atom stereocenters. The summed E-state index contributed by atoms with van der Waals surface area (Å²) in [5, 5.41) is 9.71. The molecule has 0 radical (unpaired) electrons. The van der Waals surface area contributed by atoms with Gasteiger partial charge in [0.2, 0.25) is 0 Å². The summed E-state index contributed by atoms with van der Waals surface area (Å²) < 4.78 is 1.97. The molecule has 4 heterocycles. The lowest BCUT2D eigenvalue weighted by Crippen LogP contribution is -2.69. The van der Waals surface area contributed by atoms with Gasteiger partial charge >= 0.3 is 5.97 Å². The minimum atomic E-state index is -1.00. The smallest absolute Gasteiger partial charge is 0.328 e. The van der Waals surface area contributed by atoms with Crippen LogP contribution in [0, 0.1) is 11.8 Å². The maximum absolute atomic E-state index is 14.0. The Kier molecular flexibility index (Phi) is 5.81. The minimum absolute atomic E-state index is 0.104. The Balaban J connectivity index is 1.23. The van der Waals surface area contributed by atoms with Crippen molar-refractivity contribution in [2.45, 2.75) is 107 Å². The van der Waals surface area contributed by atoms with Crippen LogP contribution in [0.2, 0.25) is 0 Å². The van der Waals surface area contributed by atoms with Crippen LogP contribution in [0.5, 0.6) is 0 Å². The molecule has 198 valence electrons. The third-order valence-corrected chi connectivity index (χ3v) is 10.3. The van der Waals surface area contributed by atoms with Crippen molar-refractivity contribution in [3.8, 4) is 0 Å². The first-order valence-electron chi connectivity index (χ1n) is 14.5. The van der Waals surface area contributed by atoms with Crippen molar-refractivity contribution < 1.29 is 9.90 Å². The number of rotatable bonds is 4. The number of carbonyl (C=O) groups is 1. The summed E-state index contributed by atoms with van der Waals surface area (Å²) in [5.74, 6) is 1.06. The van der Waals surface area contributed by atoms with E-state index in [1.165, 1.54) is 57.8 Å². The molecule has 1 aromatic carbocycles. The van der Waals surface area contributed by atoms with Crippen LogP contribution in [0.15, 0.2) is 29.1 Å². The van der Waals surface area contributed by atoms with Gasteiger partial charge in [0.25, 0.3) is 5.56 Å². The largest absolute Gasteiger partial charge is 0.480 e. The quantitative estimate of drug-likeness (QED) is 0.655. The second kappa shape index (κ2) is 9.09. The number of aliphatic carboxylic acids is 1. The first-order valence-corrected chi connectivity index (χ1v) is 14.5. The molecule has 8 nitrogen and oxygen atoms in total. The number of benzene rings is 1. The zero-order chi connectivity index (χ0) is 25.3. The highest BCUT2D eigenvalue weighted by Gasteiger charge is 2.47. The van der Waals surface area contributed by atoms with Crippen molar-refractivity contribution in [1.82, 2.24) is 14.5 Å². The lowest BCUT2D eigenvalue weighted by atomic mass is 9.68. The fraction of sp³-hybridized carbons (Fsp3) is 0.690. The standard InChI is InChI=1S/C29H39N5O3/c30-23-16-32(26(23)29(36)37)27-28(35)34(25-10-2-1-9-24(25)31-27)22-14-19-7-4-8-20(15-22)33(19)21-12-17-5-3-6-18(11-17)13-21/h1-2,9-10,17-23,26H,3-8,11-16,30H2,(H,36,37)/t17-,18+,19-,20+,21+,22+,23-,26+/m1/s1. The summed E-state index contributed by atoms with van der Waals surface area (Å²) in [6.07, 6.45) is 14.1. The van der Waals surface area contributed by atoms with Crippen molar-refractivity contribution in [1.29, 1.82) is 0 Å². The molecule has 0 spiro atoms. The molecule has 7 rings (SSSR count). The normalized spacial score (nSPS) is 37.8. The molecule has 5 fully saturated rings. The predicted octanol–water partition coefficient (Wildman–Crippen LogP) is 3.52. The van der Waals surface area contributed by atoms with E-state index in [9.17, 15) is 14.7 Å². The first kappa shape index (κ1) is 23.7. The Hall–Kier alpha value is -2.45. The molecule has 2 aromatic rings. The molecule has 2 saturated carbocycles. The number of anilines is 1. The van der Waals surface area contributed by atoms with Crippen molar-refractivity contribution in [2.24, 2.45) is 17.6 Å². The van der Waals surface area contributed by atoms with Crippen LogP contribution >= 0.6 is 0 Å². The van der Waals surface area contributed by atoms with Crippen molar-refractivity contribution in [3.63, 3.8) is 0 Å². The number of para-hydroxylation sites is 2. The van der Waals surface area contributed by atoms with E-state index in [2.05, 4.69) is 9.88 Å². The summed E-state index contributed by atoms with van der Waals surface area (Å²) in [6, 6.07) is 8.29. The zero-order valence-electron chi connectivity index (χ0n) is 21.5. The molecule has 8 heteroatoms. The van der Waals surface area contributed by atoms with Crippen molar-refractivity contribution in [3.05, 3.63) is 34.6 Å². The van der Waals surface area contributed by atoms with E-state index >= 15 is 0 Å². The van der Waals surface area contributed by atoms with E-state index in [4.69, 9.17) is 5.73 Å². The van der Waals surface area contributed by atoms with Crippen molar-refractivity contribution in [2.75, 3.05) is 11.4 Å². The average Bonchev–Trinajstić information content (AvgIpc) is 2.85. The molecule has 1 aromatic heterocycles. The molecule has 0 unspecified atom stereocenters. The molecule has 2 aliphatic carbocycles. The van der Waals surface area contributed by atoms with Crippen LogP contribution in [-0.4, -0.2) is 62.3 Å². The number of hydrogen-bond donors (Lipinski definition) is 2. The number of fused-ring (bicyclic) bond motifs is 5. The van der Waals surface area contributed by atoms with Gasteiger partial charge in [0.05, 0.1) is 17.1 Å². The monoisotopic (exact) mass is 505 g/mol. The predicted molar refractivity (Wildman–Crippen MR) is 143 cm³/mol. The van der Waals surface area contributed by atoms with Gasteiger partial charge in [-0.3, -0.25) is 9.69 Å². The van der Waals surface area contributed by atoms with Crippen LogP contribution in [0.4, 0.5) is 5.82 Å². The maximum Gasteiger partial charge on any atom is 0.328 e. The average molecular weight is 506 g/mol. The number of nitrogens with zero attached hydrogens (tertiary/aromatic N) is 4. The summed E-state index contributed by atoms with van der Waals surface area (Å²) in [5.41, 5.74) is 7.45. The van der Waals surface area contributed by atoms with E-state index in [0.29, 0.717) is 24.7 Å². The zero-order valence-corrected chi connectivity index (χ0v) is 21.5. The second-order valence-electron chi connectivity index (χ2n) is 12.5. The summed E-state index contributed by atoms with van der Waals surface area (Å²) in [4.78, 5) is 35.1. The second-order valence-corrected chi connectivity index (χ2v) is 12.5. The minimum Gasteiger partial charge on any atom is -0.480 e. The molecule has 3 saturated heterocycles. The molecule has 3 aliphatic heterocycles. The topological polar surface area (TPSA) is 105 Å². The highest BCUT2D eigenvalue weighted by atomic mass is 16.4. The lowest BCUT2D eigenvalue weighted by Gasteiger charge is -2.55. The van der Waals surface area contributed by atoms with Crippen LogP contribution in [0.1, 0.15) is 76.7 Å². The number of aromatic nitrogens is 2. The van der Waals surface area contributed by atoms with Gasteiger partial charge in [0.1, 0.15) is 6.04 Å². The number of nitrogens with two attached hydrogens (primary N) is 1. The number of carboxylic acids is 1. The van der Waals surface area contributed by atoms with E-state index in [1.807, 2.05) is 28.8 Å². The van der Waals surface area contributed by atoms with Crippen molar-refractivity contribution >= 4 is 22.8 Å². The Morgan fingerprint density at radius 3 is 2.24 bits per heavy atom. The SMILES string of the molecule is N[C@@H]1CN(c2nc3ccccc3n([C@H]3C[C@H]4CCC[C@@H](C3)N4[C@H]3C[C@@H]4CCC[C@@H](C4)C3)c2=O)[C@@H]1C(=O)O. The summed E-state index contributed by atoms with van der Waals surface area (Å²) >= 11 is 0. The van der Waals surface area contributed by atoms with Gasteiger partial charge in [-0.1, -0.05) is 37.8 Å². The Morgan fingerprint density at radius 1 is 0.892 bits per heavy atom. The maximum atomic E-state index is 14.0. The van der Waals surface area contributed by atoms with Crippen LogP contribution < -0.4 is 16.2 Å². The van der Waals surface area contributed by atoms with Gasteiger partial charge in [-0.2, -0.15) is 0 Å². The van der Waals surface area contributed by atoms with E-state index in [-0.39, 0.29) is 17.4 Å². The summed E-state index contributed by atoms with van der Waals surface area (Å²) in [7, 11) is 0. The summed E-state index contributed by atoms with van der Waals surface area (Å²) in [6.45, 7) is 0.339. The Morgan fingerprint density at radius 2 is 1.57 bits per heavy atom. The number of carboxylic acid groups (broad SMARTS) is 1.